The smallest absolute Gasteiger partial charge is 0.325 e. The summed E-state index contributed by atoms with van der Waals surface area (Å²) in [6.45, 7) is 0.576. The summed E-state index contributed by atoms with van der Waals surface area (Å²) in [7, 11) is 0. The van der Waals surface area contributed by atoms with E-state index in [4.69, 9.17) is 15.2 Å². The maximum absolute atomic E-state index is 12.8. The summed E-state index contributed by atoms with van der Waals surface area (Å²) >= 11 is 0. The Labute approximate surface area is 143 Å². The van der Waals surface area contributed by atoms with Crippen molar-refractivity contribution in [2.24, 2.45) is 10.7 Å². The molecule has 25 heavy (non-hydrogen) atoms. The Morgan fingerprint density at radius 2 is 1.92 bits per heavy atom. The topological polar surface area (TPSA) is 98.0 Å². The van der Waals surface area contributed by atoms with Crippen molar-refractivity contribution in [3.63, 3.8) is 0 Å². The Hall–Kier alpha value is -3.29. The molecular formula is C17H17FN4O3. The van der Waals surface area contributed by atoms with Crippen LogP contribution >= 0.6 is 0 Å². The maximum atomic E-state index is 12.8. The molecule has 3 rings (SSSR count). The summed E-state index contributed by atoms with van der Waals surface area (Å²) in [5, 5.41) is 4.91. The number of nitrogens with one attached hydrogen (secondary N) is 2. The second kappa shape index (κ2) is 7.52. The van der Waals surface area contributed by atoms with Crippen LogP contribution in [0.3, 0.4) is 0 Å². The van der Waals surface area contributed by atoms with Crippen LogP contribution in [0.25, 0.3) is 0 Å². The van der Waals surface area contributed by atoms with Gasteiger partial charge in [-0.1, -0.05) is 12.1 Å². The number of benzene rings is 2. The van der Waals surface area contributed by atoms with Crippen molar-refractivity contribution in [2.45, 2.75) is 6.10 Å². The number of para-hydroxylation sites is 2. The van der Waals surface area contributed by atoms with Gasteiger partial charge in [-0.05, 0) is 36.4 Å². The van der Waals surface area contributed by atoms with Gasteiger partial charge in [0.05, 0.1) is 6.54 Å². The largest absolute Gasteiger partial charge is 0.486 e. The van der Waals surface area contributed by atoms with Crippen LogP contribution in [-0.2, 0) is 0 Å². The van der Waals surface area contributed by atoms with E-state index in [1.54, 1.807) is 0 Å². The number of ether oxygens (including phenoxy) is 2. The Balaban J connectivity index is 1.49. The zero-order chi connectivity index (χ0) is 17.6. The third kappa shape index (κ3) is 4.60. The first-order valence-electron chi connectivity index (χ1n) is 7.62. The molecule has 0 fully saturated rings. The standard InChI is InChI=1S/C17H17FN4O3/c18-11-5-7-12(8-6-11)21-17(23)22-16(19)20-9-13-10-24-14-3-1-2-4-15(14)25-13/h1-8,13H,9-10H2,(H4,19,20,21,22,23). The molecule has 0 saturated heterocycles. The fraction of sp³-hybridized carbons (Fsp3) is 0.176. The molecule has 2 amide bonds. The van der Waals surface area contributed by atoms with Gasteiger partial charge in [-0.25, -0.2) is 14.2 Å². The highest BCUT2D eigenvalue weighted by Crippen LogP contribution is 2.30. The number of hydrogen-bond donors (Lipinski definition) is 3. The minimum atomic E-state index is -0.570. The lowest BCUT2D eigenvalue weighted by atomic mass is 10.2. The molecule has 0 bridgehead atoms. The highest BCUT2D eigenvalue weighted by atomic mass is 19.1. The second-order valence-corrected chi connectivity index (χ2v) is 5.31. The molecule has 0 aromatic heterocycles. The maximum Gasteiger partial charge on any atom is 0.325 e. The minimum absolute atomic E-state index is 0.0536. The lowest BCUT2D eigenvalue weighted by molar-refractivity contribution is 0.0972. The van der Waals surface area contributed by atoms with E-state index in [9.17, 15) is 9.18 Å². The van der Waals surface area contributed by atoms with Gasteiger partial charge in [0.2, 0.25) is 0 Å². The highest BCUT2D eigenvalue weighted by molar-refractivity contribution is 6.01. The number of nitrogens with two attached hydrogens (primary N) is 1. The monoisotopic (exact) mass is 344 g/mol. The fourth-order valence-corrected chi connectivity index (χ4v) is 2.20. The van der Waals surface area contributed by atoms with Gasteiger partial charge in [-0.3, -0.25) is 5.32 Å². The first-order chi connectivity index (χ1) is 12.1. The molecule has 7 nitrogen and oxygen atoms in total. The van der Waals surface area contributed by atoms with Crippen LogP contribution < -0.4 is 25.8 Å². The van der Waals surface area contributed by atoms with E-state index in [2.05, 4.69) is 15.6 Å². The third-order valence-corrected chi connectivity index (χ3v) is 3.38. The molecule has 1 aliphatic rings. The lowest BCUT2D eigenvalue weighted by Crippen LogP contribution is -2.41. The van der Waals surface area contributed by atoms with Crippen LogP contribution in [0, 0.1) is 5.82 Å². The molecule has 1 unspecified atom stereocenters. The number of anilines is 1. The van der Waals surface area contributed by atoms with Crippen molar-refractivity contribution in [2.75, 3.05) is 18.5 Å². The molecule has 1 aliphatic heterocycles. The zero-order valence-corrected chi connectivity index (χ0v) is 13.2. The molecule has 1 atom stereocenters. The summed E-state index contributed by atoms with van der Waals surface area (Å²) < 4.78 is 24.1. The lowest BCUT2D eigenvalue weighted by Gasteiger charge is -2.25. The number of nitrogens with zero attached hydrogens (tertiary/aromatic N) is 1. The average molecular weight is 344 g/mol. The molecule has 4 N–H and O–H groups in total. The SMILES string of the molecule is NC(=NCC1COc2ccccc2O1)NC(=O)Nc1ccc(F)cc1. The molecule has 130 valence electrons. The first kappa shape index (κ1) is 16.6. The summed E-state index contributed by atoms with van der Waals surface area (Å²) in [6.07, 6.45) is -0.296. The van der Waals surface area contributed by atoms with Crippen LogP contribution in [0.15, 0.2) is 53.5 Å². The number of halogens is 1. The van der Waals surface area contributed by atoms with E-state index in [0.29, 0.717) is 23.8 Å². The number of rotatable bonds is 3. The Kier molecular flexibility index (Phi) is 4.98. The minimum Gasteiger partial charge on any atom is -0.486 e. The normalized spacial score (nSPS) is 16.2. The van der Waals surface area contributed by atoms with Gasteiger partial charge < -0.3 is 20.5 Å². The van der Waals surface area contributed by atoms with E-state index in [1.165, 1.54) is 24.3 Å². The first-order valence-corrected chi connectivity index (χ1v) is 7.62. The summed E-state index contributed by atoms with van der Waals surface area (Å²) in [4.78, 5) is 15.9. The van der Waals surface area contributed by atoms with Crippen molar-refractivity contribution in [3.8, 4) is 11.5 Å². The van der Waals surface area contributed by atoms with Crippen LogP contribution in [0.5, 0.6) is 11.5 Å². The van der Waals surface area contributed by atoms with Crippen molar-refractivity contribution >= 4 is 17.7 Å². The van der Waals surface area contributed by atoms with Gasteiger partial charge in [0.25, 0.3) is 0 Å². The Morgan fingerprint density at radius 1 is 1.20 bits per heavy atom. The van der Waals surface area contributed by atoms with Crippen molar-refractivity contribution in [1.29, 1.82) is 0 Å². The van der Waals surface area contributed by atoms with Gasteiger partial charge in [-0.15, -0.1) is 0 Å². The molecular weight excluding hydrogens is 327 g/mol. The highest BCUT2D eigenvalue weighted by Gasteiger charge is 2.20. The van der Waals surface area contributed by atoms with E-state index >= 15 is 0 Å². The number of fused-ring (bicyclic) bond motifs is 1. The number of carbonyl (C=O) groups is 1. The third-order valence-electron chi connectivity index (χ3n) is 3.38. The summed E-state index contributed by atoms with van der Waals surface area (Å²) in [5.41, 5.74) is 6.12. The quantitative estimate of drug-likeness (QED) is 0.587. The van der Waals surface area contributed by atoms with Crippen LogP contribution in [0.2, 0.25) is 0 Å². The van der Waals surface area contributed by atoms with E-state index in [-0.39, 0.29) is 24.4 Å². The molecule has 8 heteroatoms. The number of amides is 2. The van der Waals surface area contributed by atoms with Crippen LogP contribution in [0.1, 0.15) is 0 Å². The van der Waals surface area contributed by atoms with Crippen LogP contribution in [0.4, 0.5) is 14.9 Å². The van der Waals surface area contributed by atoms with Crippen molar-refractivity contribution in [1.82, 2.24) is 5.32 Å². The van der Waals surface area contributed by atoms with Crippen molar-refractivity contribution in [3.05, 3.63) is 54.3 Å². The summed E-state index contributed by atoms with van der Waals surface area (Å²) in [5.74, 6) is 0.896. The number of urea groups is 1. The fourth-order valence-electron chi connectivity index (χ4n) is 2.20. The van der Waals surface area contributed by atoms with Gasteiger partial charge in [0.1, 0.15) is 12.4 Å². The Bertz CT molecular complexity index is 780. The van der Waals surface area contributed by atoms with E-state index in [1.807, 2.05) is 24.3 Å². The molecule has 2 aromatic rings. The van der Waals surface area contributed by atoms with Gasteiger partial charge in [0, 0.05) is 5.69 Å². The number of hydrogen-bond acceptors (Lipinski definition) is 4. The van der Waals surface area contributed by atoms with E-state index < -0.39 is 6.03 Å². The zero-order valence-electron chi connectivity index (χ0n) is 13.2. The Morgan fingerprint density at radius 3 is 2.68 bits per heavy atom. The predicted octanol–water partition coefficient (Wildman–Crippen LogP) is 2.10. The van der Waals surface area contributed by atoms with Gasteiger partial charge in [0.15, 0.2) is 23.6 Å². The van der Waals surface area contributed by atoms with Gasteiger partial charge in [-0.2, -0.15) is 0 Å². The van der Waals surface area contributed by atoms with E-state index in [0.717, 1.165) is 0 Å². The summed E-state index contributed by atoms with van der Waals surface area (Å²) in [6, 6.07) is 12.1. The average Bonchev–Trinajstić information content (AvgIpc) is 2.61. The predicted molar refractivity (Wildman–Crippen MR) is 91.4 cm³/mol. The molecule has 0 radical (unpaired) electrons. The second-order valence-electron chi connectivity index (χ2n) is 5.31. The molecule has 1 heterocycles. The molecule has 0 saturated carbocycles. The number of carbonyl (C=O) groups excluding carboxylic acids is 1. The molecule has 0 spiro atoms. The molecule has 2 aromatic carbocycles. The molecule has 0 aliphatic carbocycles. The van der Waals surface area contributed by atoms with Crippen LogP contribution in [-0.4, -0.2) is 31.2 Å². The number of aliphatic imine (C=N–C) groups is 1. The van der Waals surface area contributed by atoms with Crippen molar-refractivity contribution < 1.29 is 18.7 Å². The van der Waals surface area contributed by atoms with Gasteiger partial charge >= 0.3 is 6.03 Å². The number of guanidine groups is 1.